The molecule has 0 bridgehead atoms. The summed E-state index contributed by atoms with van der Waals surface area (Å²) in [7, 11) is 0. The number of aliphatic hydroxyl groups excluding tert-OH is 2. The lowest BCUT2D eigenvalue weighted by molar-refractivity contribution is -0.123. The van der Waals surface area contributed by atoms with E-state index in [4.69, 9.17) is 0 Å². The van der Waals surface area contributed by atoms with Crippen LogP contribution in [0.15, 0.2) is 36.5 Å². The summed E-state index contributed by atoms with van der Waals surface area (Å²) in [5.41, 5.74) is 0. The summed E-state index contributed by atoms with van der Waals surface area (Å²) in [6.07, 6.45) is 59.8. The lowest BCUT2D eigenvalue weighted by Crippen LogP contribution is -2.45. The summed E-state index contributed by atoms with van der Waals surface area (Å²) in [5, 5.41) is 23.0. The highest BCUT2D eigenvalue weighted by Gasteiger charge is 2.17. The number of carbonyl (C=O) groups excluding carboxylic acids is 1. The Hall–Kier alpha value is -1.39. The summed E-state index contributed by atoms with van der Waals surface area (Å²) in [6, 6.07) is -0.642. The Bertz CT molecular complexity index is 806. The van der Waals surface area contributed by atoms with Gasteiger partial charge in [-0.2, -0.15) is 0 Å². The van der Waals surface area contributed by atoms with E-state index in [0.29, 0.717) is 6.42 Å². The molecule has 0 radical (unpaired) electrons. The molecule has 312 valence electrons. The molecule has 53 heavy (non-hydrogen) atoms. The summed E-state index contributed by atoms with van der Waals surface area (Å²) >= 11 is 0. The van der Waals surface area contributed by atoms with E-state index in [-0.39, 0.29) is 12.5 Å². The number of hydrogen-bond acceptors (Lipinski definition) is 3. The fourth-order valence-electron chi connectivity index (χ4n) is 7.21. The topological polar surface area (TPSA) is 69.6 Å². The molecule has 3 N–H and O–H groups in total. The van der Waals surface area contributed by atoms with Crippen LogP contribution in [0.5, 0.6) is 0 Å². The third-order valence-corrected chi connectivity index (χ3v) is 10.9. The van der Waals surface area contributed by atoms with Gasteiger partial charge in [-0.3, -0.25) is 4.79 Å². The zero-order chi connectivity index (χ0) is 38.6. The second-order valence-electron chi connectivity index (χ2n) is 16.2. The van der Waals surface area contributed by atoms with Crippen LogP contribution in [0.2, 0.25) is 0 Å². The van der Waals surface area contributed by atoms with Gasteiger partial charge in [0.1, 0.15) is 0 Å². The van der Waals surface area contributed by atoms with Gasteiger partial charge in [-0.25, -0.2) is 0 Å². The molecule has 0 aliphatic heterocycles. The van der Waals surface area contributed by atoms with Crippen LogP contribution in [-0.2, 0) is 4.79 Å². The van der Waals surface area contributed by atoms with E-state index in [0.717, 1.165) is 38.5 Å². The molecule has 4 heteroatoms. The Labute approximate surface area is 331 Å². The number of allylic oxidation sites excluding steroid dienone is 5. The van der Waals surface area contributed by atoms with Gasteiger partial charge in [0.2, 0.25) is 5.91 Å². The van der Waals surface area contributed by atoms with Crippen molar-refractivity contribution < 1.29 is 15.0 Å². The van der Waals surface area contributed by atoms with E-state index < -0.39 is 12.1 Å². The lowest BCUT2D eigenvalue weighted by Gasteiger charge is -2.19. The maximum Gasteiger partial charge on any atom is 0.220 e. The maximum atomic E-state index is 12.4. The van der Waals surface area contributed by atoms with Crippen molar-refractivity contribution >= 4 is 5.91 Å². The van der Waals surface area contributed by atoms with Crippen LogP contribution < -0.4 is 5.32 Å². The molecular weight excluding hydrogens is 651 g/mol. The van der Waals surface area contributed by atoms with Crippen molar-refractivity contribution in [2.45, 2.75) is 264 Å². The monoisotopic (exact) mass is 744 g/mol. The highest BCUT2D eigenvalue weighted by atomic mass is 16.3. The highest BCUT2D eigenvalue weighted by Crippen LogP contribution is 2.16. The van der Waals surface area contributed by atoms with E-state index in [9.17, 15) is 15.0 Å². The van der Waals surface area contributed by atoms with Crippen molar-refractivity contribution in [1.29, 1.82) is 0 Å². The third-order valence-electron chi connectivity index (χ3n) is 10.9. The second-order valence-corrected chi connectivity index (χ2v) is 16.2. The minimum Gasteiger partial charge on any atom is -0.394 e. The molecule has 2 atom stereocenters. The van der Waals surface area contributed by atoms with E-state index >= 15 is 0 Å². The largest absolute Gasteiger partial charge is 0.394 e. The molecule has 0 fully saturated rings. The minimum absolute atomic E-state index is 0.0744. The zero-order valence-corrected chi connectivity index (χ0v) is 35.8. The minimum atomic E-state index is -0.867. The number of carbonyl (C=O) groups is 1. The predicted octanol–water partition coefficient (Wildman–Crippen LogP) is 15.0. The first-order chi connectivity index (χ1) is 26.2. The highest BCUT2D eigenvalue weighted by molar-refractivity contribution is 5.76. The molecule has 0 aromatic rings. The summed E-state index contributed by atoms with van der Waals surface area (Å²) < 4.78 is 0. The summed E-state index contributed by atoms with van der Waals surface area (Å²) in [4.78, 5) is 12.4. The van der Waals surface area contributed by atoms with Crippen LogP contribution in [-0.4, -0.2) is 34.9 Å². The van der Waals surface area contributed by atoms with Gasteiger partial charge < -0.3 is 15.5 Å². The number of amides is 1. The number of aliphatic hydroxyl groups is 2. The average Bonchev–Trinajstić information content (AvgIpc) is 3.16. The standard InChI is InChI=1S/C49H93NO3/c1-3-5-7-9-11-13-15-17-19-21-23-25-26-28-30-32-34-36-38-40-42-44-48(52)47(46-51)50-49(53)45-43-41-39-37-35-33-31-29-27-24-22-20-18-16-14-12-10-8-6-4-2/h26,28,34,36,42,44,47-48,51-52H,3-25,27,29-33,35,37-41,43,45-46H2,1-2H3,(H,50,53)/b28-26+,36-34+,44-42+. The van der Waals surface area contributed by atoms with Gasteiger partial charge in [0.15, 0.2) is 0 Å². The molecular formula is C49H93NO3. The van der Waals surface area contributed by atoms with Crippen LogP contribution in [0.1, 0.15) is 251 Å². The Balaban J connectivity index is 3.59. The fraction of sp³-hybridized carbons (Fsp3) is 0.857. The van der Waals surface area contributed by atoms with E-state index in [1.54, 1.807) is 6.08 Å². The number of rotatable bonds is 43. The van der Waals surface area contributed by atoms with Crippen molar-refractivity contribution in [3.8, 4) is 0 Å². The first-order valence-corrected chi connectivity index (χ1v) is 23.7. The van der Waals surface area contributed by atoms with Crippen molar-refractivity contribution in [3.63, 3.8) is 0 Å². The van der Waals surface area contributed by atoms with Gasteiger partial charge in [0, 0.05) is 6.42 Å². The third kappa shape index (κ3) is 41.6. The van der Waals surface area contributed by atoms with Crippen LogP contribution in [0, 0.1) is 0 Å². The Morgan fingerprint density at radius 3 is 1.09 bits per heavy atom. The first-order valence-electron chi connectivity index (χ1n) is 23.7. The van der Waals surface area contributed by atoms with E-state index in [1.807, 2.05) is 6.08 Å². The van der Waals surface area contributed by atoms with Crippen LogP contribution >= 0.6 is 0 Å². The molecule has 0 rings (SSSR count). The molecule has 4 nitrogen and oxygen atoms in total. The van der Waals surface area contributed by atoms with Crippen molar-refractivity contribution in [3.05, 3.63) is 36.5 Å². The van der Waals surface area contributed by atoms with Crippen molar-refractivity contribution in [1.82, 2.24) is 5.32 Å². The lowest BCUT2D eigenvalue weighted by atomic mass is 10.0. The number of unbranched alkanes of at least 4 members (excludes halogenated alkanes) is 32. The smallest absolute Gasteiger partial charge is 0.220 e. The Kier molecular flexibility index (Phi) is 43.8. The van der Waals surface area contributed by atoms with Gasteiger partial charge in [-0.05, 0) is 44.9 Å². The Morgan fingerprint density at radius 2 is 0.736 bits per heavy atom. The molecule has 0 heterocycles. The summed E-state index contributed by atoms with van der Waals surface area (Å²) in [5.74, 6) is -0.0744. The molecule has 0 spiro atoms. The average molecular weight is 744 g/mol. The van der Waals surface area contributed by atoms with Gasteiger partial charge in [-0.1, -0.05) is 237 Å². The SMILES string of the molecule is CCCCCCCCCCCCC/C=C/CC/C=C/CC/C=C/C(O)C(CO)NC(=O)CCCCCCCCCCCCCCCCCCCCCC. The van der Waals surface area contributed by atoms with Gasteiger partial charge in [-0.15, -0.1) is 0 Å². The Morgan fingerprint density at radius 1 is 0.434 bits per heavy atom. The predicted molar refractivity (Wildman–Crippen MR) is 235 cm³/mol. The molecule has 0 aliphatic carbocycles. The molecule has 1 amide bonds. The normalized spacial score (nSPS) is 13.2. The molecule has 0 aromatic carbocycles. The van der Waals surface area contributed by atoms with Gasteiger partial charge in [0.25, 0.3) is 0 Å². The quantitative estimate of drug-likeness (QED) is 0.0430. The fourth-order valence-corrected chi connectivity index (χ4v) is 7.21. The molecule has 0 saturated heterocycles. The second kappa shape index (κ2) is 45.0. The van der Waals surface area contributed by atoms with E-state index in [2.05, 4.69) is 43.5 Å². The first kappa shape index (κ1) is 51.6. The molecule has 0 aliphatic rings. The number of hydrogen-bond donors (Lipinski definition) is 3. The zero-order valence-electron chi connectivity index (χ0n) is 35.8. The van der Waals surface area contributed by atoms with Gasteiger partial charge >= 0.3 is 0 Å². The van der Waals surface area contributed by atoms with Crippen molar-refractivity contribution in [2.75, 3.05) is 6.61 Å². The van der Waals surface area contributed by atoms with Crippen LogP contribution in [0.25, 0.3) is 0 Å². The molecule has 2 unspecified atom stereocenters. The molecule has 0 saturated carbocycles. The van der Waals surface area contributed by atoms with Crippen LogP contribution in [0.3, 0.4) is 0 Å². The van der Waals surface area contributed by atoms with Crippen molar-refractivity contribution in [2.24, 2.45) is 0 Å². The van der Waals surface area contributed by atoms with E-state index in [1.165, 1.54) is 193 Å². The summed E-state index contributed by atoms with van der Waals surface area (Å²) in [6.45, 7) is 4.31. The molecule has 0 aromatic heterocycles. The van der Waals surface area contributed by atoms with Gasteiger partial charge in [0.05, 0.1) is 18.8 Å². The number of nitrogens with one attached hydrogen (secondary N) is 1. The maximum absolute atomic E-state index is 12.4. The van der Waals surface area contributed by atoms with Crippen LogP contribution in [0.4, 0.5) is 0 Å².